The van der Waals surface area contributed by atoms with Gasteiger partial charge in [0, 0.05) is 25.9 Å². The summed E-state index contributed by atoms with van der Waals surface area (Å²) in [6.07, 6.45) is 6.04. The van der Waals surface area contributed by atoms with E-state index in [1.165, 1.54) is 6.92 Å². The third kappa shape index (κ3) is 4.77. The summed E-state index contributed by atoms with van der Waals surface area (Å²) in [7, 11) is -1.66. The van der Waals surface area contributed by atoms with Crippen LogP contribution in [0.5, 0.6) is 0 Å². The summed E-state index contributed by atoms with van der Waals surface area (Å²) >= 11 is 0. The molecule has 0 aliphatic heterocycles. The summed E-state index contributed by atoms with van der Waals surface area (Å²) < 4.78 is 11.5. The average Bonchev–Trinajstić information content (AvgIpc) is 2.63. The van der Waals surface area contributed by atoms with Gasteiger partial charge in [0.1, 0.15) is 6.10 Å². The van der Waals surface area contributed by atoms with Gasteiger partial charge < -0.3 is 9.16 Å². The van der Waals surface area contributed by atoms with Crippen molar-refractivity contribution < 1.29 is 14.0 Å². The van der Waals surface area contributed by atoms with Crippen LogP contribution in [-0.4, -0.2) is 27.0 Å². The fourth-order valence-electron chi connectivity index (χ4n) is 1.98. The summed E-state index contributed by atoms with van der Waals surface area (Å²) in [4.78, 5) is 11.0. The van der Waals surface area contributed by atoms with Gasteiger partial charge in [-0.15, -0.1) is 0 Å². The van der Waals surface area contributed by atoms with Crippen molar-refractivity contribution in [3.05, 3.63) is 12.2 Å². The molecule has 1 rings (SSSR count). The Bertz CT molecular complexity index is 342. The molecule has 2 unspecified atom stereocenters. The van der Waals surface area contributed by atoms with E-state index in [-0.39, 0.29) is 17.1 Å². The fourth-order valence-corrected chi connectivity index (χ4v) is 3.04. The van der Waals surface area contributed by atoms with Crippen molar-refractivity contribution in [1.82, 2.24) is 0 Å². The Balaban J connectivity index is 2.40. The monoisotopic (exact) mass is 284 g/mol. The van der Waals surface area contributed by atoms with Crippen molar-refractivity contribution in [2.24, 2.45) is 5.92 Å². The number of hydrogen-bond donors (Lipinski definition) is 0. The number of ether oxygens (including phenoxy) is 1. The van der Waals surface area contributed by atoms with Crippen LogP contribution in [0.25, 0.3) is 0 Å². The van der Waals surface area contributed by atoms with E-state index in [4.69, 9.17) is 9.16 Å². The fraction of sp³-hybridized carbons (Fsp3) is 0.800. The summed E-state index contributed by atoms with van der Waals surface area (Å²) in [5.41, 5.74) is 0. The summed E-state index contributed by atoms with van der Waals surface area (Å²) in [5, 5.41) is 0.244. The minimum atomic E-state index is -1.66. The van der Waals surface area contributed by atoms with Gasteiger partial charge in [-0.3, -0.25) is 4.79 Å². The molecule has 0 N–H and O–H groups in total. The van der Waals surface area contributed by atoms with Crippen LogP contribution >= 0.6 is 0 Å². The second-order valence-corrected chi connectivity index (χ2v) is 11.7. The molecular formula is C15H28O3Si. The maximum atomic E-state index is 11.0. The minimum absolute atomic E-state index is 0.0144. The summed E-state index contributed by atoms with van der Waals surface area (Å²) in [6.45, 7) is 13.5. The topological polar surface area (TPSA) is 35.5 Å². The van der Waals surface area contributed by atoms with Crippen molar-refractivity contribution >= 4 is 14.3 Å². The van der Waals surface area contributed by atoms with Gasteiger partial charge >= 0.3 is 5.97 Å². The molecule has 1 aliphatic rings. The molecule has 0 amide bonds. The molecule has 0 aromatic carbocycles. The van der Waals surface area contributed by atoms with E-state index in [2.05, 4.69) is 46.0 Å². The van der Waals surface area contributed by atoms with Crippen molar-refractivity contribution in [2.75, 3.05) is 6.61 Å². The number of carbonyl (C=O) groups is 1. The highest BCUT2D eigenvalue weighted by atomic mass is 28.4. The summed E-state index contributed by atoms with van der Waals surface area (Å²) in [6, 6.07) is 0. The van der Waals surface area contributed by atoms with E-state index in [1.54, 1.807) is 0 Å². The number of esters is 1. The van der Waals surface area contributed by atoms with Crippen LogP contribution in [0.15, 0.2) is 12.2 Å². The Labute approximate surface area is 118 Å². The number of rotatable bonds is 5. The third-order valence-electron chi connectivity index (χ3n) is 4.27. The van der Waals surface area contributed by atoms with Crippen LogP contribution < -0.4 is 0 Å². The van der Waals surface area contributed by atoms with Gasteiger partial charge in [0.05, 0.1) is 0 Å². The highest BCUT2D eigenvalue weighted by molar-refractivity contribution is 6.74. The van der Waals surface area contributed by atoms with Crippen LogP contribution in [0.2, 0.25) is 18.1 Å². The standard InChI is InChI=1S/C15H28O3Si/c1-12(16)18-14-9-7-8-13(14)10-11-17-19(5,6)15(2,3)4/h7-8,13-14H,9-11H2,1-6H3. The number of hydrogen-bond acceptors (Lipinski definition) is 3. The van der Waals surface area contributed by atoms with Gasteiger partial charge in [-0.05, 0) is 24.6 Å². The lowest BCUT2D eigenvalue weighted by Gasteiger charge is -2.36. The molecule has 0 aromatic heterocycles. The first-order valence-electron chi connectivity index (χ1n) is 7.11. The zero-order chi connectivity index (χ0) is 14.7. The lowest BCUT2D eigenvalue weighted by molar-refractivity contribution is -0.147. The molecule has 0 aromatic rings. The van der Waals surface area contributed by atoms with Crippen LogP contribution in [0.3, 0.4) is 0 Å². The third-order valence-corrected chi connectivity index (χ3v) is 8.81. The van der Waals surface area contributed by atoms with Crippen LogP contribution in [-0.2, 0) is 14.0 Å². The zero-order valence-corrected chi connectivity index (χ0v) is 14.2. The van der Waals surface area contributed by atoms with Crippen molar-refractivity contribution in [3.63, 3.8) is 0 Å². The Morgan fingerprint density at radius 2 is 2.00 bits per heavy atom. The van der Waals surface area contributed by atoms with Gasteiger partial charge in [0.2, 0.25) is 0 Å². The van der Waals surface area contributed by atoms with Gasteiger partial charge in [0.25, 0.3) is 0 Å². The van der Waals surface area contributed by atoms with Crippen molar-refractivity contribution in [2.45, 2.75) is 64.8 Å². The van der Waals surface area contributed by atoms with Gasteiger partial charge in [-0.1, -0.05) is 32.9 Å². The predicted octanol–water partition coefficient (Wildman–Crippen LogP) is 3.91. The molecular weight excluding hydrogens is 256 g/mol. The molecule has 0 saturated carbocycles. The second-order valence-electron chi connectivity index (χ2n) is 6.87. The molecule has 0 radical (unpaired) electrons. The Morgan fingerprint density at radius 3 is 2.53 bits per heavy atom. The highest BCUT2D eigenvalue weighted by Gasteiger charge is 2.37. The molecule has 0 bridgehead atoms. The molecule has 110 valence electrons. The quantitative estimate of drug-likeness (QED) is 0.436. The molecule has 1 aliphatic carbocycles. The second kappa shape index (κ2) is 6.22. The number of carbonyl (C=O) groups excluding carboxylic acids is 1. The lowest BCUT2D eigenvalue weighted by atomic mass is 10.0. The van der Waals surface area contributed by atoms with Crippen LogP contribution in [0, 0.1) is 5.92 Å². The molecule has 3 nitrogen and oxygen atoms in total. The first kappa shape index (κ1) is 16.4. The first-order chi connectivity index (χ1) is 8.63. The summed E-state index contributed by atoms with van der Waals surface area (Å²) in [5.74, 6) is 0.123. The molecule has 2 atom stereocenters. The highest BCUT2D eigenvalue weighted by Crippen LogP contribution is 2.37. The van der Waals surface area contributed by atoms with Gasteiger partial charge in [-0.2, -0.15) is 0 Å². The Hall–Kier alpha value is -0.613. The van der Waals surface area contributed by atoms with E-state index in [9.17, 15) is 4.79 Å². The molecule has 0 spiro atoms. The van der Waals surface area contributed by atoms with E-state index < -0.39 is 8.32 Å². The first-order valence-corrected chi connectivity index (χ1v) is 10.0. The normalized spacial score (nSPS) is 23.7. The maximum absolute atomic E-state index is 11.0. The van der Waals surface area contributed by atoms with Crippen molar-refractivity contribution in [3.8, 4) is 0 Å². The van der Waals surface area contributed by atoms with E-state index in [0.717, 1.165) is 19.4 Å². The Kier molecular flexibility index (Phi) is 5.39. The largest absolute Gasteiger partial charge is 0.462 e. The van der Waals surface area contributed by atoms with Gasteiger partial charge in [0.15, 0.2) is 8.32 Å². The predicted molar refractivity (Wildman–Crippen MR) is 80.6 cm³/mol. The Morgan fingerprint density at radius 1 is 1.37 bits per heavy atom. The SMILES string of the molecule is CC(=O)OC1CC=CC1CCO[Si](C)(C)C(C)(C)C. The van der Waals surface area contributed by atoms with Gasteiger partial charge in [-0.25, -0.2) is 0 Å². The van der Waals surface area contributed by atoms with Crippen LogP contribution in [0.1, 0.15) is 40.5 Å². The molecule has 0 saturated heterocycles. The van der Waals surface area contributed by atoms with E-state index in [1.807, 2.05) is 0 Å². The zero-order valence-electron chi connectivity index (χ0n) is 13.2. The van der Waals surface area contributed by atoms with E-state index in [0.29, 0.717) is 5.92 Å². The smallest absolute Gasteiger partial charge is 0.302 e. The maximum Gasteiger partial charge on any atom is 0.302 e. The lowest BCUT2D eigenvalue weighted by Crippen LogP contribution is -2.41. The molecule has 19 heavy (non-hydrogen) atoms. The molecule has 0 fully saturated rings. The average molecular weight is 284 g/mol. The van der Waals surface area contributed by atoms with Crippen LogP contribution in [0.4, 0.5) is 0 Å². The van der Waals surface area contributed by atoms with E-state index >= 15 is 0 Å². The minimum Gasteiger partial charge on any atom is -0.462 e. The molecule has 0 heterocycles. The van der Waals surface area contributed by atoms with Crippen molar-refractivity contribution in [1.29, 1.82) is 0 Å². The molecule has 4 heteroatoms.